The van der Waals surface area contributed by atoms with Crippen LogP contribution in [-0.4, -0.2) is 46.1 Å². The molecule has 9 heteroatoms. The molecule has 0 aliphatic heterocycles. The highest BCUT2D eigenvalue weighted by Crippen LogP contribution is 2.43. The molecule has 1 aliphatic carbocycles. The van der Waals surface area contributed by atoms with Gasteiger partial charge >= 0.3 is 7.82 Å². The lowest BCUT2D eigenvalue weighted by molar-refractivity contribution is -0.166. The minimum atomic E-state index is -4.78. The van der Waals surface area contributed by atoms with E-state index in [1.807, 2.05) is 0 Å². The molecule has 0 heterocycles. The highest BCUT2D eigenvalue weighted by molar-refractivity contribution is 7.46. The zero-order chi connectivity index (χ0) is 12.3. The van der Waals surface area contributed by atoms with Crippen LogP contribution in [0.5, 0.6) is 0 Å². The van der Waals surface area contributed by atoms with Crippen molar-refractivity contribution >= 4 is 13.6 Å². The number of aliphatic hydroxyl groups is 1. The fraction of sp³-hybridized carbons (Fsp3) is 0.714. The van der Waals surface area contributed by atoms with E-state index in [-0.39, 0.29) is 13.2 Å². The van der Waals surface area contributed by atoms with Gasteiger partial charge in [0.15, 0.2) is 5.78 Å². The summed E-state index contributed by atoms with van der Waals surface area (Å²) in [6.45, 7) is -0.412. The maximum absolute atomic E-state index is 11.0. The number of Topliss-reactive ketones (excluding diaryl/α,β-unsaturated/α-hetero) is 1. The van der Waals surface area contributed by atoms with Crippen molar-refractivity contribution in [3.8, 4) is 6.07 Å². The summed E-state index contributed by atoms with van der Waals surface area (Å²) >= 11 is 0. The Morgan fingerprint density at radius 2 is 2.12 bits per heavy atom. The van der Waals surface area contributed by atoms with E-state index in [4.69, 9.17) is 19.8 Å². The Bertz CT molecular complexity index is 358. The third-order valence-electron chi connectivity index (χ3n) is 2.09. The summed E-state index contributed by atoms with van der Waals surface area (Å²) in [4.78, 5) is 28.1. The second-order valence-corrected chi connectivity index (χ2v) is 4.39. The average Bonchev–Trinajstić information content (AvgIpc) is 2.20. The Kier molecular flexibility index (Phi) is 4.15. The molecule has 3 N–H and O–H groups in total. The van der Waals surface area contributed by atoms with E-state index in [2.05, 4.69) is 4.52 Å². The van der Waals surface area contributed by atoms with Crippen LogP contribution < -0.4 is 0 Å². The minimum absolute atomic E-state index is 0.175. The van der Waals surface area contributed by atoms with Gasteiger partial charge in [-0.3, -0.25) is 9.32 Å². The Balaban J connectivity index is 2.52. The van der Waals surface area contributed by atoms with Gasteiger partial charge in [-0.25, -0.2) is 4.57 Å². The molecule has 1 saturated carbocycles. The van der Waals surface area contributed by atoms with Crippen molar-refractivity contribution in [3.63, 3.8) is 0 Å². The van der Waals surface area contributed by atoms with E-state index in [1.165, 1.54) is 0 Å². The molecule has 1 fully saturated rings. The summed E-state index contributed by atoms with van der Waals surface area (Å²) in [5.74, 6) is -1.65. The van der Waals surface area contributed by atoms with Crippen LogP contribution in [0, 0.1) is 17.2 Å². The summed E-state index contributed by atoms with van der Waals surface area (Å²) in [6.07, 6.45) is -2.75. The summed E-state index contributed by atoms with van der Waals surface area (Å²) < 4.78 is 19.4. The van der Waals surface area contributed by atoms with Crippen LogP contribution in [0.2, 0.25) is 0 Å². The van der Waals surface area contributed by atoms with Gasteiger partial charge in [-0.15, -0.1) is 0 Å². The van der Waals surface area contributed by atoms with Crippen molar-refractivity contribution < 1.29 is 33.5 Å². The molecule has 0 radical (unpaired) electrons. The Morgan fingerprint density at radius 1 is 1.50 bits per heavy atom. The summed E-state index contributed by atoms with van der Waals surface area (Å²) in [6, 6.07) is 1.68. The van der Waals surface area contributed by atoms with Crippen LogP contribution in [0.25, 0.3) is 0 Å². The number of hydrogen-bond donors (Lipinski definition) is 3. The Hall–Kier alpha value is -0.810. The molecule has 3 atom stereocenters. The average molecular weight is 251 g/mol. The zero-order valence-electron chi connectivity index (χ0n) is 8.02. The summed E-state index contributed by atoms with van der Waals surface area (Å²) in [7, 11) is -4.78. The van der Waals surface area contributed by atoms with Crippen molar-refractivity contribution in [1.29, 1.82) is 5.26 Å². The molecular weight excluding hydrogens is 241 g/mol. The van der Waals surface area contributed by atoms with Gasteiger partial charge in [-0.2, -0.15) is 5.26 Å². The summed E-state index contributed by atoms with van der Waals surface area (Å²) in [5.41, 5.74) is 0. The van der Waals surface area contributed by atoms with Crippen LogP contribution >= 0.6 is 7.82 Å². The molecule has 8 nitrogen and oxygen atoms in total. The number of aliphatic hydroxyl groups excluding tert-OH is 1. The van der Waals surface area contributed by atoms with Gasteiger partial charge in [0.05, 0.1) is 12.7 Å². The van der Waals surface area contributed by atoms with Crippen LogP contribution in [0.4, 0.5) is 0 Å². The second-order valence-electron chi connectivity index (χ2n) is 3.20. The number of phosphoric acid groups is 1. The molecular formula is C7H10NO7P. The number of nitrogens with zero attached hydrogens (tertiary/aromatic N) is 1. The maximum Gasteiger partial charge on any atom is 0.470 e. The molecule has 0 aromatic carbocycles. The predicted molar refractivity (Wildman–Crippen MR) is 47.9 cm³/mol. The number of ketones is 1. The van der Waals surface area contributed by atoms with Crippen LogP contribution in [0.3, 0.4) is 0 Å². The highest BCUT2D eigenvalue weighted by Gasteiger charge is 2.52. The monoisotopic (exact) mass is 251 g/mol. The third-order valence-corrected chi connectivity index (χ3v) is 2.60. The number of carbonyl (C=O) groups is 1. The standard InChI is InChI=1S/C7H10NO7P/c8-1-2-14-3-4-5(9)6(10)7(4)15-16(11,12)13/h4-5,7,9H,2-3H2,(H2,11,12,13). The van der Waals surface area contributed by atoms with Gasteiger partial charge in [0.2, 0.25) is 0 Å². The van der Waals surface area contributed by atoms with Gasteiger partial charge in [0.1, 0.15) is 18.8 Å². The molecule has 1 rings (SSSR count). The van der Waals surface area contributed by atoms with E-state index in [0.717, 1.165) is 0 Å². The van der Waals surface area contributed by atoms with E-state index >= 15 is 0 Å². The van der Waals surface area contributed by atoms with Gasteiger partial charge < -0.3 is 19.6 Å². The lowest BCUT2D eigenvalue weighted by Crippen LogP contribution is -2.58. The molecule has 0 amide bonds. The maximum atomic E-state index is 11.0. The first-order chi connectivity index (χ1) is 7.37. The molecule has 16 heavy (non-hydrogen) atoms. The first-order valence-corrected chi connectivity index (χ1v) is 5.80. The second kappa shape index (κ2) is 5.01. The smallest absolute Gasteiger partial charge is 0.385 e. The van der Waals surface area contributed by atoms with E-state index in [9.17, 15) is 14.5 Å². The first-order valence-electron chi connectivity index (χ1n) is 4.27. The number of rotatable bonds is 5. The normalized spacial score (nSPS) is 29.6. The van der Waals surface area contributed by atoms with Crippen molar-refractivity contribution in [2.45, 2.75) is 12.2 Å². The van der Waals surface area contributed by atoms with Gasteiger partial charge in [-0.1, -0.05) is 0 Å². The molecule has 0 bridgehead atoms. The SMILES string of the molecule is N#CCOCC1C(O)C(=O)C1OP(=O)(O)O. The molecule has 1 aliphatic rings. The van der Waals surface area contributed by atoms with Gasteiger partial charge in [0, 0.05) is 5.92 Å². The number of nitriles is 1. The topological polar surface area (TPSA) is 137 Å². The molecule has 90 valence electrons. The van der Waals surface area contributed by atoms with Gasteiger partial charge in [0.25, 0.3) is 0 Å². The fourth-order valence-corrected chi connectivity index (χ4v) is 1.89. The summed E-state index contributed by atoms with van der Waals surface area (Å²) in [5, 5.41) is 17.4. The van der Waals surface area contributed by atoms with Crippen LogP contribution in [-0.2, 0) is 18.6 Å². The number of hydrogen-bond acceptors (Lipinski definition) is 6. The van der Waals surface area contributed by atoms with Crippen molar-refractivity contribution in [1.82, 2.24) is 0 Å². The van der Waals surface area contributed by atoms with Crippen molar-refractivity contribution in [2.75, 3.05) is 13.2 Å². The van der Waals surface area contributed by atoms with Crippen molar-refractivity contribution in [3.05, 3.63) is 0 Å². The largest absolute Gasteiger partial charge is 0.470 e. The van der Waals surface area contributed by atoms with Gasteiger partial charge in [-0.05, 0) is 0 Å². The number of ether oxygens (including phenoxy) is 1. The van der Waals surface area contributed by atoms with E-state index in [1.54, 1.807) is 6.07 Å². The quantitative estimate of drug-likeness (QED) is 0.399. The molecule has 3 unspecified atom stereocenters. The first kappa shape index (κ1) is 13.3. The van der Waals surface area contributed by atoms with E-state index < -0.39 is 31.7 Å². The number of carbonyl (C=O) groups excluding carboxylic acids is 1. The lowest BCUT2D eigenvalue weighted by atomic mass is 9.78. The van der Waals surface area contributed by atoms with Crippen LogP contribution in [0.15, 0.2) is 0 Å². The fourth-order valence-electron chi connectivity index (χ4n) is 1.33. The zero-order valence-corrected chi connectivity index (χ0v) is 8.91. The molecule has 0 spiro atoms. The Labute approximate surface area is 90.6 Å². The highest BCUT2D eigenvalue weighted by atomic mass is 31.2. The molecule has 0 aromatic heterocycles. The third kappa shape index (κ3) is 3.09. The lowest BCUT2D eigenvalue weighted by Gasteiger charge is -2.38. The Morgan fingerprint density at radius 3 is 2.62 bits per heavy atom. The van der Waals surface area contributed by atoms with E-state index in [0.29, 0.717) is 0 Å². The molecule has 0 aromatic rings. The van der Waals surface area contributed by atoms with Crippen molar-refractivity contribution in [2.24, 2.45) is 5.92 Å². The van der Waals surface area contributed by atoms with Crippen LogP contribution in [0.1, 0.15) is 0 Å². The number of phosphoric ester groups is 1. The minimum Gasteiger partial charge on any atom is -0.385 e. The predicted octanol–water partition coefficient (Wildman–Crippen LogP) is -1.44. The molecule has 0 saturated heterocycles.